The molecule has 0 aliphatic carbocycles. The zero-order chi connectivity index (χ0) is 18.6. The molecule has 0 aliphatic rings. The van der Waals surface area contributed by atoms with Gasteiger partial charge in [0.05, 0.1) is 11.4 Å². The topological polar surface area (TPSA) is 75.3 Å². The van der Waals surface area contributed by atoms with Gasteiger partial charge in [0.15, 0.2) is 9.84 Å². The molecule has 0 spiro atoms. The molecule has 0 fully saturated rings. The molecule has 134 valence electrons. The molecular weight excluding hydrogens is 348 g/mol. The van der Waals surface area contributed by atoms with Gasteiger partial charge in [0.1, 0.15) is 5.37 Å². The van der Waals surface area contributed by atoms with Gasteiger partial charge in [0.25, 0.3) is 0 Å². The molecule has 3 aromatic carbocycles. The van der Waals surface area contributed by atoms with Gasteiger partial charge < -0.3 is 5.32 Å². The molecule has 6 heteroatoms. The smallest absolute Gasteiger partial charge is 0.233 e. The second-order valence-electron chi connectivity index (χ2n) is 5.86. The van der Waals surface area contributed by atoms with Gasteiger partial charge in [-0.15, -0.1) is 0 Å². The Morgan fingerprint density at radius 1 is 0.923 bits per heavy atom. The first-order chi connectivity index (χ1) is 12.5. The molecule has 0 radical (unpaired) electrons. The monoisotopic (exact) mass is 368 g/mol. The predicted octanol–water partition coefficient (Wildman–Crippen LogP) is 2.65. The van der Waals surface area contributed by atoms with Gasteiger partial charge in [0, 0.05) is 7.05 Å². The number of rotatable bonds is 6. The zero-order valence-electron chi connectivity index (χ0n) is 14.3. The number of carbonyl (C=O) groups is 1. The van der Waals surface area contributed by atoms with Crippen molar-refractivity contribution in [1.82, 2.24) is 10.6 Å². The van der Waals surface area contributed by atoms with Crippen molar-refractivity contribution in [2.75, 3.05) is 13.6 Å². The number of fused-ring (bicyclic) bond motifs is 1. The summed E-state index contributed by atoms with van der Waals surface area (Å²) in [5, 5.41) is 6.17. The molecule has 5 nitrogen and oxygen atoms in total. The molecule has 0 saturated carbocycles. The van der Waals surface area contributed by atoms with Gasteiger partial charge in [-0.05, 0) is 28.5 Å². The minimum Gasteiger partial charge on any atom is -0.358 e. The van der Waals surface area contributed by atoms with Crippen molar-refractivity contribution in [3.8, 4) is 0 Å². The van der Waals surface area contributed by atoms with Gasteiger partial charge in [-0.2, -0.15) is 0 Å². The largest absolute Gasteiger partial charge is 0.358 e. The third-order valence-electron chi connectivity index (χ3n) is 4.21. The Morgan fingerprint density at radius 3 is 2.31 bits per heavy atom. The molecule has 3 rings (SSSR count). The summed E-state index contributed by atoms with van der Waals surface area (Å²) in [6.45, 7) is -0.101. The van der Waals surface area contributed by atoms with E-state index in [2.05, 4.69) is 10.6 Å². The molecule has 0 saturated heterocycles. The van der Waals surface area contributed by atoms with Crippen LogP contribution in [0.25, 0.3) is 10.8 Å². The van der Waals surface area contributed by atoms with Gasteiger partial charge >= 0.3 is 0 Å². The third kappa shape index (κ3) is 3.61. The highest BCUT2D eigenvalue weighted by Crippen LogP contribution is 2.31. The lowest BCUT2D eigenvalue weighted by Crippen LogP contribution is -2.37. The van der Waals surface area contributed by atoms with Crippen LogP contribution in [0.15, 0.2) is 77.7 Å². The summed E-state index contributed by atoms with van der Waals surface area (Å²) in [7, 11) is -2.22. The summed E-state index contributed by atoms with van der Waals surface area (Å²) in [4.78, 5) is 11.9. The van der Waals surface area contributed by atoms with E-state index < -0.39 is 15.2 Å². The fraction of sp³-hybridized carbons (Fsp3) is 0.150. The molecule has 26 heavy (non-hydrogen) atoms. The molecule has 1 atom stereocenters. The lowest BCUT2D eigenvalue weighted by Gasteiger charge is -2.21. The fourth-order valence-corrected chi connectivity index (χ4v) is 4.54. The highest BCUT2D eigenvalue weighted by atomic mass is 32.2. The van der Waals surface area contributed by atoms with E-state index in [1.54, 1.807) is 36.4 Å². The predicted molar refractivity (Wildman–Crippen MR) is 102 cm³/mol. The standard InChI is InChI=1S/C20H20N2O3S/c1-21-19(23)14-22-20(26(24,25)16-10-3-2-4-11-16)18-13-7-9-15-8-5-6-12-17(15)18/h2-13,20,22H,14H2,1H3,(H,21,23). The normalized spacial score (nSPS) is 12.7. The summed E-state index contributed by atoms with van der Waals surface area (Å²) < 4.78 is 26.6. The maximum atomic E-state index is 13.3. The summed E-state index contributed by atoms with van der Waals surface area (Å²) in [6, 6.07) is 21.4. The second kappa shape index (κ2) is 7.68. The lowest BCUT2D eigenvalue weighted by molar-refractivity contribution is -0.119. The fourth-order valence-electron chi connectivity index (χ4n) is 2.89. The average Bonchev–Trinajstić information content (AvgIpc) is 2.68. The van der Waals surface area contributed by atoms with Crippen LogP contribution in [0.1, 0.15) is 10.9 Å². The van der Waals surface area contributed by atoms with Crippen molar-refractivity contribution >= 4 is 26.5 Å². The van der Waals surface area contributed by atoms with Crippen LogP contribution in [0.3, 0.4) is 0 Å². The van der Waals surface area contributed by atoms with Crippen molar-refractivity contribution in [2.24, 2.45) is 0 Å². The number of carbonyl (C=O) groups excluding carboxylic acids is 1. The average molecular weight is 368 g/mol. The van der Waals surface area contributed by atoms with E-state index in [0.717, 1.165) is 10.8 Å². The summed E-state index contributed by atoms with van der Waals surface area (Å²) >= 11 is 0. The Morgan fingerprint density at radius 2 is 1.58 bits per heavy atom. The van der Waals surface area contributed by atoms with Gasteiger partial charge in [-0.3, -0.25) is 10.1 Å². The highest BCUT2D eigenvalue weighted by Gasteiger charge is 2.30. The van der Waals surface area contributed by atoms with Crippen LogP contribution >= 0.6 is 0 Å². The Bertz CT molecular complexity index is 1010. The van der Waals surface area contributed by atoms with E-state index in [1.165, 1.54) is 7.05 Å². The number of sulfone groups is 1. The van der Waals surface area contributed by atoms with Gasteiger partial charge in [-0.25, -0.2) is 8.42 Å². The van der Waals surface area contributed by atoms with E-state index in [9.17, 15) is 13.2 Å². The van der Waals surface area contributed by atoms with E-state index in [0.29, 0.717) is 5.56 Å². The van der Waals surface area contributed by atoms with Gasteiger partial charge in [-0.1, -0.05) is 60.7 Å². The summed E-state index contributed by atoms with van der Waals surface area (Å²) in [5.74, 6) is -0.279. The highest BCUT2D eigenvalue weighted by molar-refractivity contribution is 7.91. The third-order valence-corrected chi connectivity index (χ3v) is 6.19. The van der Waals surface area contributed by atoms with Crippen LogP contribution in [-0.4, -0.2) is 27.9 Å². The van der Waals surface area contributed by atoms with Crippen molar-refractivity contribution in [3.63, 3.8) is 0 Å². The maximum absolute atomic E-state index is 13.3. The van der Waals surface area contributed by atoms with Crippen molar-refractivity contribution < 1.29 is 13.2 Å². The molecule has 1 unspecified atom stereocenters. The van der Waals surface area contributed by atoms with Crippen molar-refractivity contribution in [2.45, 2.75) is 10.3 Å². The SMILES string of the molecule is CNC(=O)CNC(c1cccc2ccccc12)S(=O)(=O)c1ccccc1. The molecular formula is C20H20N2O3S. The Balaban J connectivity index is 2.13. The number of hydrogen-bond donors (Lipinski definition) is 2. The Kier molecular flexibility index (Phi) is 5.35. The van der Waals surface area contributed by atoms with Crippen LogP contribution in [0.5, 0.6) is 0 Å². The van der Waals surface area contributed by atoms with Crippen LogP contribution in [0.4, 0.5) is 0 Å². The van der Waals surface area contributed by atoms with E-state index in [1.807, 2.05) is 36.4 Å². The molecule has 0 aromatic heterocycles. The first-order valence-electron chi connectivity index (χ1n) is 8.24. The first kappa shape index (κ1) is 18.1. The molecule has 1 amide bonds. The minimum absolute atomic E-state index is 0.101. The molecule has 0 aliphatic heterocycles. The van der Waals surface area contributed by atoms with E-state index in [4.69, 9.17) is 0 Å². The number of benzene rings is 3. The number of nitrogens with one attached hydrogen (secondary N) is 2. The Labute approximate surface area is 153 Å². The minimum atomic E-state index is -3.74. The van der Waals surface area contributed by atoms with Gasteiger partial charge in [0.2, 0.25) is 5.91 Å². The van der Waals surface area contributed by atoms with Crippen LogP contribution in [-0.2, 0) is 14.6 Å². The van der Waals surface area contributed by atoms with Crippen molar-refractivity contribution in [3.05, 3.63) is 78.4 Å². The molecule has 0 heterocycles. The summed E-state index contributed by atoms with van der Waals surface area (Å²) in [5.41, 5.74) is 0.621. The molecule has 3 aromatic rings. The van der Waals surface area contributed by atoms with Crippen LogP contribution in [0, 0.1) is 0 Å². The summed E-state index contributed by atoms with van der Waals surface area (Å²) in [6.07, 6.45) is 0. The zero-order valence-corrected chi connectivity index (χ0v) is 15.2. The quantitative estimate of drug-likeness (QED) is 0.701. The molecule has 2 N–H and O–H groups in total. The number of amides is 1. The lowest BCUT2D eigenvalue weighted by atomic mass is 10.0. The van der Waals surface area contributed by atoms with E-state index >= 15 is 0 Å². The maximum Gasteiger partial charge on any atom is 0.233 e. The van der Waals surface area contributed by atoms with Crippen LogP contribution < -0.4 is 10.6 Å². The van der Waals surface area contributed by atoms with Crippen LogP contribution in [0.2, 0.25) is 0 Å². The first-order valence-corrected chi connectivity index (χ1v) is 9.79. The van der Waals surface area contributed by atoms with E-state index in [-0.39, 0.29) is 17.3 Å². The molecule has 0 bridgehead atoms. The van der Waals surface area contributed by atoms with Crippen molar-refractivity contribution in [1.29, 1.82) is 0 Å². The number of hydrogen-bond acceptors (Lipinski definition) is 4. The number of likely N-dealkylation sites (N-methyl/N-ethyl adjacent to an activating group) is 1. The second-order valence-corrected chi connectivity index (χ2v) is 7.89. The Hall–Kier alpha value is -2.70.